The summed E-state index contributed by atoms with van der Waals surface area (Å²) in [6.07, 6.45) is 6.47. The van der Waals surface area contributed by atoms with Gasteiger partial charge in [-0.15, -0.1) is 0 Å². The minimum Gasteiger partial charge on any atom is -0.380 e. The lowest BCUT2D eigenvalue weighted by Crippen LogP contribution is -2.00. The number of aromatic nitrogens is 1. The van der Waals surface area contributed by atoms with E-state index in [1.807, 2.05) is 12.4 Å². The molecule has 0 saturated heterocycles. The van der Waals surface area contributed by atoms with E-state index in [1.165, 1.54) is 40.4 Å². The number of pyridine rings is 1. The maximum atomic E-state index is 4.18. The number of hydrogen-bond acceptors (Lipinski definition) is 2. The van der Waals surface area contributed by atoms with Crippen LogP contribution in [0.4, 0.5) is 5.69 Å². The molecule has 1 saturated carbocycles. The van der Waals surface area contributed by atoms with Gasteiger partial charge in [0.2, 0.25) is 0 Å². The van der Waals surface area contributed by atoms with Crippen LogP contribution in [0.1, 0.15) is 29.9 Å². The molecule has 0 spiro atoms. The first-order valence-corrected chi connectivity index (χ1v) is 7.55. The van der Waals surface area contributed by atoms with Crippen molar-refractivity contribution in [2.75, 3.05) is 5.32 Å². The van der Waals surface area contributed by atoms with Crippen LogP contribution in [0.15, 0.2) is 60.9 Å². The molecule has 0 amide bonds. The Morgan fingerprint density at radius 1 is 1.05 bits per heavy atom. The van der Waals surface area contributed by atoms with Gasteiger partial charge in [0.15, 0.2) is 0 Å². The maximum Gasteiger partial charge on any atom is 0.0423 e. The Bertz CT molecular complexity index is 770. The van der Waals surface area contributed by atoms with Crippen LogP contribution in [0.2, 0.25) is 0 Å². The summed E-state index contributed by atoms with van der Waals surface area (Å²) in [4.78, 5) is 4.18. The third-order valence-corrected chi connectivity index (χ3v) is 4.16. The molecule has 3 aromatic rings. The number of anilines is 1. The molecule has 1 N–H and O–H groups in total. The van der Waals surface area contributed by atoms with E-state index in [1.54, 1.807) is 0 Å². The number of nitrogens with zero attached hydrogens (tertiary/aromatic N) is 1. The minimum absolute atomic E-state index is 0.813. The third-order valence-electron chi connectivity index (χ3n) is 4.16. The summed E-state index contributed by atoms with van der Waals surface area (Å²) in [5, 5.41) is 5.97. The van der Waals surface area contributed by atoms with Gasteiger partial charge in [-0.3, -0.25) is 4.98 Å². The summed E-state index contributed by atoms with van der Waals surface area (Å²) in [7, 11) is 0. The van der Waals surface area contributed by atoms with E-state index in [0.29, 0.717) is 0 Å². The van der Waals surface area contributed by atoms with E-state index in [2.05, 4.69) is 58.8 Å². The van der Waals surface area contributed by atoms with Gasteiger partial charge in [0.25, 0.3) is 0 Å². The van der Waals surface area contributed by atoms with Crippen molar-refractivity contribution in [1.82, 2.24) is 4.98 Å². The van der Waals surface area contributed by atoms with Gasteiger partial charge in [-0.1, -0.05) is 36.4 Å². The second kappa shape index (κ2) is 5.21. The smallest absolute Gasteiger partial charge is 0.0423 e. The zero-order chi connectivity index (χ0) is 14.1. The fourth-order valence-electron chi connectivity index (χ4n) is 2.85. The quantitative estimate of drug-likeness (QED) is 0.744. The van der Waals surface area contributed by atoms with Gasteiger partial charge < -0.3 is 5.32 Å². The molecule has 0 aliphatic heterocycles. The summed E-state index contributed by atoms with van der Waals surface area (Å²) in [5.74, 6) is 0.813. The fraction of sp³-hybridized carbons (Fsp3) is 0.211. The average Bonchev–Trinajstić information content (AvgIpc) is 3.38. The molecule has 0 radical (unpaired) electrons. The molecule has 0 unspecified atom stereocenters. The van der Waals surface area contributed by atoms with Gasteiger partial charge in [0.1, 0.15) is 0 Å². The fourth-order valence-corrected chi connectivity index (χ4v) is 2.85. The van der Waals surface area contributed by atoms with Gasteiger partial charge in [-0.2, -0.15) is 0 Å². The molecular weight excluding hydrogens is 256 g/mol. The van der Waals surface area contributed by atoms with Crippen LogP contribution < -0.4 is 5.32 Å². The maximum absolute atomic E-state index is 4.18. The number of hydrogen-bond donors (Lipinski definition) is 1. The Labute approximate surface area is 124 Å². The average molecular weight is 274 g/mol. The SMILES string of the molecule is c1cc(CNc2cccc3cnccc23)cc(C2CC2)c1. The van der Waals surface area contributed by atoms with Crippen LogP contribution in [-0.2, 0) is 6.54 Å². The van der Waals surface area contributed by atoms with Crippen LogP contribution >= 0.6 is 0 Å². The monoisotopic (exact) mass is 274 g/mol. The standard InChI is InChI=1S/C19H18N2/c1-3-14(11-16(4-1)15-7-8-15)12-21-19-6-2-5-17-13-20-10-9-18(17)19/h1-6,9-11,13,15,21H,7-8,12H2. The first-order valence-electron chi connectivity index (χ1n) is 7.55. The minimum atomic E-state index is 0.813. The van der Waals surface area contributed by atoms with Gasteiger partial charge in [-0.25, -0.2) is 0 Å². The normalized spacial score (nSPS) is 14.3. The van der Waals surface area contributed by atoms with Crippen LogP contribution in [-0.4, -0.2) is 4.98 Å². The molecular formula is C19H18N2. The number of rotatable bonds is 4. The van der Waals surface area contributed by atoms with E-state index >= 15 is 0 Å². The van der Waals surface area contributed by atoms with Crippen LogP contribution in [0.25, 0.3) is 10.8 Å². The first kappa shape index (κ1) is 12.4. The molecule has 0 atom stereocenters. The predicted octanol–water partition coefficient (Wildman–Crippen LogP) is 4.72. The van der Waals surface area contributed by atoms with E-state index in [0.717, 1.165) is 12.5 Å². The molecule has 104 valence electrons. The van der Waals surface area contributed by atoms with Gasteiger partial charge in [0, 0.05) is 35.4 Å². The largest absolute Gasteiger partial charge is 0.380 e. The van der Waals surface area contributed by atoms with Crippen LogP contribution in [0, 0.1) is 0 Å². The highest BCUT2D eigenvalue weighted by molar-refractivity contribution is 5.93. The number of nitrogens with one attached hydrogen (secondary N) is 1. The predicted molar refractivity (Wildman–Crippen MR) is 87.5 cm³/mol. The highest BCUT2D eigenvalue weighted by Crippen LogP contribution is 2.40. The van der Waals surface area contributed by atoms with Crippen molar-refractivity contribution in [3.8, 4) is 0 Å². The van der Waals surface area contributed by atoms with Crippen molar-refractivity contribution in [3.63, 3.8) is 0 Å². The summed E-state index contributed by atoms with van der Waals surface area (Å²) in [6, 6.07) is 17.4. The van der Waals surface area contributed by atoms with E-state index < -0.39 is 0 Å². The molecule has 2 nitrogen and oxygen atoms in total. The summed E-state index contributed by atoms with van der Waals surface area (Å²) in [5.41, 5.74) is 4.02. The summed E-state index contributed by atoms with van der Waals surface area (Å²) < 4.78 is 0. The second-order valence-corrected chi connectivity index (χ2v) is 5.78. The highest BCUT2D eigenvalue weighted by atomic mass is 14.9. The highest BCUT2D eigenvalue weighted by Gasteiger charge is 2.23. The molecule has 1 aliphatic carbocycles. The van der Waals surface area contributed by atoms with Crippen molar-refractivity contribution < 1.29 is 0 Å². The number of fused-ring (bicyclic) bond motifs is 1. The van der Waals surface area contributed by atoms with Crippen LogP contribution in [0.3, 0.4) is 0 Å². The van der Waals surface area contributed by atoms with Gasteiger partial charge >= 0.3 is 0 Å². The first-order chi connectivity index (χ1) is 10.4. The van der Waals surface area contributed by atoms with Crippen molar-refractivity contribution in [2.24, 2.45) is 0 Å². The molecule has 1 fully saturated rings. The van der Waals surface area contributed by atoms with Gasteiger partial charge in [0.05, 0.1) is 0 Å². The lowest BCUT2D eigenvalue weighted by Gasteiger charge is -2.10. The number of benzene rings is 2. The Balaban J connectivity index is 1.56. The zero-order valence-corrected chi connectivity index (χ0v) is 11.9. The molecule has 0 bridgehead atoms. The van der Waals surface area contributed by atoms with Crippen molar-refractivity contribution in [3.05, 3.63) is 72.1 Å². The Hall–Kier alpha value is -2.35. The van der Waals surface area contributed by atoms with E-state index in [9.17, 15) is 0 Å². The Morgan fingerprint density at radius 2 is 1.95 bits per heavy atom. The van der Waals surface area contributed by atoms with Crippen molar-refractivity contribution in [2.45, 2.75) is 25.3 Å². The molecule has 2 aromatic carbocycles. The van der Waals surface area contributed by atoms with E-state index in [-0.39, 0.29) is 0 Å². The molecule has 1 aliphatic rings. The van der Waals surface area contributed by atoms with Crippen LogP contribution in [0.5, 0.6) is 0 Å². The Kier molecular flexibility index (Phi) is 3.07. The summed E-state index contributed by atoms with van der Waals surface area (Å²) >= 11 is 0. The molecule has 1 heterocycles. The lowest BCUT2D eigenvalue weighted by molar-refractivity contribution is 1.09. The Morgan fingerprint density at radius 3 is 2.86 bits per heavy atom. The van der Waals surface area contributed by atoms with E-state index in [4.69, 9.17) is 0 Å². The summed E-state index contributed by atoms with van der Waals surface area (Å²) in [6.45, 7) is 0.863. The zero-order valence-electron chi connectivity index (χ0n) is 11.9. The molecule has 21 heavy (non-hydrogen) atoms. The topological polar surface area (TPSA) is 24.9 Å². The van der Waals surface area contributed by atoms with Crippen molar-refractivity contribution >= 4 is 16.5 Å². The second-order valence-electron chi connectivity index (χ2n) is 5.78. The molecule has 4 rings (SSSR count). The van der Waals surface area contributed by atoms with Gasteiger partial charge in [-0.05, 0) is 42.0 Å². The third kappa shape index (κ3) is 2.62. The van der Waals surface area contributed by atoms with Crippen molar-refractivity contribution in [1.29, 1.82) is 0 Å². The molecule has 1 aromatic heterocycles. The lowest BCUT2D eigenvalue weighted by atomic mass is 10.1. The molecule has 2 heteroatoms.